The molecule has 4 aliphatic carbocycles. The molecule has 1 atom stereocenters. The van der Waals surface area contributed by atoms with Gasteiger partial charge in [0, 0.05) is 16.1 Å². The SMILES string of the molecule is C[C@H]([NH2+]CC(=O)NC12CC3CC(CC(C3)C1)C2)c1ccccc1Cl. The Hall–Kier alpha value is -1.06. The van der Waals surface area contributed by atoms with Crippen LogP contribution in [0.4, 0.5) is 0 Å². The van der Waals surface area contributed by atoms with Crippen LogP contribution in [0, 0.1) is 17.8 Å². The molecule has 1 aromatic rings. The first kappa shape index (κ1) is 16.4. The summed E-state index contributed by atoms with van der Waals surface area (Å²) in [6.07, 6.45) is 7.86. The highest BCUT2D eigenvalue weighted by molar-refractivity contribution is 6.31. The zero-order valence-corrected chi connectivity index (χ0v) is 15.2. The van der Waals surface area contributed by atoms with Crippen LogP contribution in [0.25, 0.3) is 0 Å². The maximum Gasteiger partial charge on any atom is 0.275 e. The van der Waals surface area contributed by atoms with E-state index in [0.717, 1.165) is 28.3 Å². The number of quaternary nitrogens is 1. The van der Waals surface area contributed by atoms with Crippen LogP contribution in [0.2, 0.25) is 5.02 Å². The Morgan fingerprint density at radius 3 is 2.38 bits per heavy atom. The highest BCUT2D eigenvalue weighted by Gasteiger charge is 2.51. The van der Waals surface area contributed by atoms with Crippen LogP contribution in [0.5, 0.6) is 0 Å². The second kappa shape index (κ2) is 6.34. The molecule has 0 radical (unpaired) electrons. The van der Waals surface area contributed by atoms with Crippen molar-refractivity contribution in [1.82, 2.24) is 5.32 Å². The molecule has 130 valence electrons. The monoisotopic (exact) mass is 347 g/mol. The van der Waals surface area contributed by atoms with Gasteiger partial charge in [-0.25, -0.2) is 0 Å². The second-order valence-corrected chi connectivity index (χ2v) is 8.90. The predicted octanol–water partition coefficient (Wildman–Crippen LogP) is 3.05. The lowest BCUT2D eigenvalue weighted by atomic mass is 9.53. The molecule has 1 amide bonds. The summed E-state index contributed by atoms with van der Waals surface area (Å²) in [5, 5.41) is 6.32. The molecular formula is C20H28ClN2O+. The Morgan fingerprint density at radius 1 is 1.21 bits per heavy atom. The van der Waals surface area contributed by atoms with Gasteiger partial charge in [-0.3, -0.25) is 4.79 Å². The number of halogens is 1. The lowest BCUT2D eigenvalue weighted by Crippen LogP contribution is -2.87. The zero-order chi connectivity index (χ0) is 16.7. The van der Waals surface area contributed by atoms with E-state index in [1.54, 1.807) is 0 Å². The number of nitrogens with two attached hydrogens (primary N) is 1. The van der Waals surface area contributed by atoms with Crippen molar-refractivity contribution in [2.75, 3.05) is 6.54 Å². The molecular weight excluding hydrogens is 320 g/mol. The summed E-state index contributed by atoms with van der Waals surface area (Å²) in [6, 6.07) is 8.09. The van der Waals surface area contributed by atoms with Gasteiger partial charge in [0.2, 0.25) is 0 Å². The van der Waals surface area contributed by atoms with Crippen LogP contribution in [0.15, 0.2) is 24.3 Å². The molecule has 0 saturated heterocycles. The molecule has 24 heavy (non-hydrogen) atoms. The van der Waals surface area contributed by atoms with Crippen LogP contribution in [-0.4, -0.2) is 18.0 Å². The van der Waals surface area contributed by atoms with Gasteiger partial charge in [-0.15, -0.1) is 0 Å². The average Bonchev–Trinajstić information content (AvgIpc) is 2.51. The molecule has 4 aliphatic rings. The normalized spacial score (nSPS) is 35.0. The standard InChI is InChI=1S/C20H27ClN2O/c1-13(17-4-2-3-5-18(17)21)22-12-19(24)23-20-9-14-6-15(10-20)8-16(7-14)11-20/h2-5,13-16,22H,6-12H2,1H3,(H,23,24)/p+1/t13-,14?,15?,16?,20?/m0/s1. The first-order valence-electron chi connectivity index (χ1n) is 9.42. The highest BCUT2D eigenvalue weighted by Crippen LogP contribution is 2.55. The molecule has 4 fully saturated rings. The second-order valence-electron chi connectivity index (χ2n) is 8.50. The molecule has 4 heteroatoms. The van der Waals surface area contributed by atoms with E-state index in [-0.39, 0.29) is 17.5 Å². The van der Waals surface area contributed by atoms with E-state index < -0.39 is 0 Å². The smallest absolute Gasteiger partial charge is 0.275 e. The van der Waals surface area contributed by atoms with E-state index in [4.69, 9.17) is 11.6 Å². The minimum atomic E-state index is 0.118. The third kappa shape index (κ3) is 3.21. The maximum absolute atomic E-state index is 12.6. The third-order valence-electron chi connectivity index (χ3n) is 6.50. The summed E-state index contributed by atoms with van der Waals surface area (Å²) in [5.74, 6) is 2.78. The Labute approximate surface area is 149 Å². The Balaban J connectivity index is 1.33. The quantitative estimate of drug-likeness (QED) is 0.844. The van der Waals surface area contributed by atoms with Gasteiger partial charge < -0.3 is 10.6 Å². The number of hydrogen-bond donors (Lipinski definition) is 2. The van der Waals surface area contributed by atoms with Crippen molar-refractivity contribution in [3.05, 3.63) is 34.9 Å². The fourth-order valence-electron chi connectivity index (χ4n) is 5.87. The van der Waals surface area contributed by atoms with E-state index in [0.29, 0.717) is 6.54 Å². The molecule has 0 spiro atoms. The van der Waals surface area contributed by atoms with Gasteiger partial charge in [0.05, 0.1) is 0 Å². The summed E-state index contributed by atoms with van der Waals surface area (Å²) >= 11 is 6.26. The first-order valence-corrected chi connectivity index (χ1v) is 9.79. The lowest BCUT2D eigenvalue weighted by molar-refractivity contribution is -0.682. The molecule has 5 rings (SSSR count). The molecule has 4 saturated carbocycles. The zero-order valence-electron chi connectivity index (χ0n) is 14.4. The number of benzene rings is 1. The Morgan fingerprint density at radius 2 is 1.79 bits per heavy atom. The van der Waals surface area contributed by atoms with Crippen molar-refractivity contribution in [3.63, 3.8) is 0 Å². The Kier molecular flexibility index (Phi) is 4.34. The van der Waals surface area contributed by atoms with Crippen LogP contribution in [0.3, 0.4) is 0 Å². The van der Waals surface area contributed by atoms with Gasteiger partial charge in [-0.05, 0) is 69.3 Å². The summed E-state index contributed by atoms with van der Waals surface area (Å²) in [4.78, 5) is 12.6. The minimum Gasteiger partial charge on any atom is -0.346 e. The van der Waals surface area contributed by atoms with E-state index in [2.05, 4.69) is 17.6 Å². The van der Waals surface area contributed by atoms with Crippen LogP contribution < -0.4 is 10.6 Å². The molecule has 0 aliphatic heterocycles. The van der Waals surface area contributed by atoms with E-state index >= 15 is 0 Å². The maximum atomic E-state index is 12.6. The highest BCUT2D eigenvalue weighted by atomic mass is 35.5. The number of rotatable bonds is 5. The number of nitrogens with one attached hydrogen (secondary N) is 1. The molecule has 3 nitrogen and oxygen atoms in total. The number of amides is 1. The molecule has 4 bridgehead atoms. The number of carbonyl (C=O) groups excluding carboxylic acids is 1. The molecule has 0 unspecified atom stereocenters. The van der Waals surface area contributed by atoms with Crippen molar-refractivity contribution in [2.24, 2.45) is 17.8 Å². The molecule has 0 aromatic heterocycles. The average molecular weight is 348 g/mol. The van der Waals surface area contributed by atoms with Gasteiger partial charge in [0.15, 0.2) is 6.54 Å². The van der Waals surface area contributed by atoms with E-state index in [1.807, 2.05) is 24.3 Å². The van der Waals surface area contributed by atoms with Crippen molar-refractivity contribution < 1.29 is 10.1 Å². The van der Waals surface area contributed by atoms with Crippen molar-refractivity contribution >= 4 is 17.5 Å². The van der Waals surface area contributed by atoms with E-state index in [9.17, 15) is 4.79 Å². The number of carbonyl (C=O) groups is 1. The topological polar surface area (TPSA) is 45.7 Å². The lowest BCUT2D eigenvalue weighted by Gasteiger charge is -2.56. The van der Waals surface area contributed by atoms with Crippen molar-refractivity contribution in [1.29, 1.82) is 0 Å². The minimum absolute atomic E-state index is 0.118. The van der Waals surface area contributed by atoms with Gasteiger partial charge >= 0.3 is 0 Å². The summed E-state index contributed by atoms with van der Waals surface area (Å²) in [6.45, 7) is 2.59. The van der Waals surface area contributed by atoms with Gasteiger partial charge in [-0.1, -0.05) is 29.8 Å². The van der Waals surface area contributed by atoms with E-state index in [1.165, 1.54) is 38.5 Å². The fraction of sp³-hybridized carbons (Fsp3) is 0.650. The number of hydrogen-bond acceptors (Lipinski definition) is 1. The predicted molar refractivity (Wildman–Crippen MR) is 95.7 cm³/mol. The van der Waals surface area contributed by atoms with Gasteiger partial charge in [0.1, 0.15) is 6.04 Å². The van der Waals surface area contributed by atoms with Crippen LogP contribution in [-0.2, 0) is 4.79 Å². The van der Waals surface area contributed by atoms with Crippen molar-refractivity contribution in [2.45, 2.75) is 57.0 Å². The summed E-state index contributed by atoms with van der Waals surface area (Å²) in [5.41, 5.74) is 1.22. The Bertz CT molecular complexity index is 595. The van der Waals surface area contributed by atoms with Crippen molar-refractivity contribution in [3.8, 4) is 0 Å². The van der Waals surface area contributed by atoms with Crippen LogP contribution in [0.1, 0.15) is 57.1 Å². The fourth-order valence-corrected chi connectivity index (χ4v) is 6.17. The molecule has 3 N–H and O–H groups in total. The van der Waals surface area contributed by atoms with Gasteiger partial charge in [-0.2, -0.15) is 0 Å². The molecule has 1 aromatic carbocycles. The van der Waals surface area contributed by atoms with Gasteiger partial charge in [0.25, 0.3) is 5.91 Å². The third-order valence-corrected chi connectivity index (χ3v) is 6.84. The first-order chi connectivity index (χ1) is 11.5. The van der Waals surface area contributed by atoms with Crippen LogP contribution >= 0.6 is 11.6 Å². The largest absolute Gasteiger partial charge is 0.346 e. The summed E-state index contributed by atoms with van der Waals surface area (Å²) < 4.78 is 0. The molecule has 0 heterocycles. The summed E-state index contributed by atoms with van der Waals surface area (Å²) in [7, 11) is 0.